The maximum atomic E-state index is 12.0. The standard InChI is InChI=1S/C40H51NO7Si/c1-24-28-21-32-39(23-41)31(44-35(45-32)26-15-17-27(43-7)18-16-26)20-19-29(42)33(39)34-40(38(28,5)6,22-30(24)48-49(8,9)37(2,3)4)47-36(46-34)25-13-11-10-12-14-25/h10-18,30-32,34-36,42H,19-22H2,1-9H3/t30-,31-,32-,34-,35-,36-,39-,40+/m0/s1. The van der Waals surface area contributed by atoms with Gasteiger partial charge in [0.2, 0.25) is 0 Å². The largest absolute Gasteiger partial charge is 0.512 e. The fourth-order valence-electron chi connectivity index (χ4n) is 8.83. The first-order chi connectivity index (χ1) is 23.1. The smallest absolute Gasteiger partial charge is 0.192 e. The van der Waals surface area contributed by atoms with Crippen LogP contribution in [0.1, 0.15) is 90.9 Å². The van der Waals surface area contributed by atoms with Crippen molar-refractivity contribution < 1.29 is 33.2 Å². The summed E-state index contributed by atoms with van der Waals surface area (Å²) in [5, 5.41) is 23.4. The lowest BCUT2D eigenvalue weighted by Crippen LogP contribution is -2.67. The number of rotatable bonds is 5. The van der Waals surface area contributed by atoms with Gasteiger partial charge in [0.15, 0.2) is 20.9 Å². The van der Waals surface area contributed by atoms with Crippen LogP contribution in [-0.2, 0) is 23.4 Å². The van der Waals surface area contributed by atoms with Crippen LogP contribution in [0.2, 0.25) is 18.1 Å². The topological polar surface area (TPSA) is 99.4 Å². The van der Waals surface area contributed by atoms with Crippen molar-refractivity contribution in [3.8, 4) is 11.8 Å². The summed E-state index contributed by atoms with van der Waals surface area (Å²) in [5.74, 6) is 0.914. The van der Waals surface area contributed by atoms with E-state index >= 15 is 0 Å². The second-order valence-corrected chi connectivity index (χ2v) is 21.3. The Kier molecular flexibility index (Phi) is 8.30. The molecule has 262 valence electrons. The first-order valence-corrected chi connectivity index (χ1v) is 20.5. The minimum atomic E-state index is -2.25. The van der Waals surface area contributed by atoms with E-state index in [0.717, 1.165) is 22.4 Å². The van der Waals surface area contributed by atoms with Gasteiger partial charge in [-0.25, -0.2) is 0 Å². The molecule has 1 N–H and O–H groups in total. The summed E-state index contributed by atoms with van der Waals surface area (Å²) in [6.07, 6.45) is -1.72. The number of methoxy groups -OCH3 is 1. The Bertz CT molecular complexity index is 1700. The minimum absolute atomic E-state index is 0.00754. The number of hydrogen-bond donors (Lipinski definition) is 1. The molecule has 2 heterocycles. The highest BCUT2D eigenvalue weighted by molar-refractivity contribution is 6.74. The van der Waals surface area contributed by atoms with E-state index in [1.807, 2.05) is 54.6 Å². The number of aliphatic hydroxyl groups excluding tert-OH is 1. The molecule has 9 heteroatoms. The number of nitrogens with zero attached hydrogens (tertiary/aromatic N) is 1. The normalized spacial score (nSPS) is 35.5. The van der Waals surface area contributed by atoms with E-state index in [2.05, 4.69) is 60.7 Å². The first kappa shape index (κ1) is 34.5. The van der Waals surface area contributed by atoms with Gasteiger partial charge in [-0.3, -0.25) is 0 Å². The average Bonchev–Trinajstić information content (AvgIpc) is 3.45. The summed E-state index contributed by atoms with van der Waals surface area (Å²) in [5.41, 5.74) is 1.77. The van der Waals surface area contributed by atoms with Crippen molar-refractivity contribution in [3.05, 3.63) is 88.2 Å². The third-order valence-electron chi connectivity index (χ3n) is 12.8. The van der Waals surface area contributed by atoms with Gasteiger partial charge >= 0.3 is 0 Å². The van der Waals surface area contributed by atoms with Crippen molar-refractivity contribution >= 4 is 8.32 Å². The van der Waals surface area contributed by atoms with E-state index in [1.165, 1.54) is 5.57 Å². The highest BCUT2D eigenvalue weighted by Gasteiger charge is 2.72. The number of benzene rings is 2. The van der Waals surface area contributed by atoms with E-state index in [9.17, 15) is 10.4 Å². The Hall–Kier alpha value is -2.97. The van der Waals surface area contributed by atoms with Crippen LogP contribution in [-0.4, -0.2) is 50.6 Å². The number of fused-ring (bicyclic) bond motifs is 2. The molecule has 0 unspecified atom stereocenters. The second kappa shape index (κ2) is 11.8. The first-order valence-electron chi connectivity index (χ1n) is 17.6. The summed E-state index contributed by atoms with van der Waals surface area (Å²) in [4.78, 5) is 0. The molecule has 8 atom stereocenters. The predicted octanol–water partition coefficient (Wildman–Crippen LogP) is 8.99. The third-order valence-corrected chi connectivity index (χ3v) is 17.3. The predicted molar refractivity (Wildman–Crippen MR) is 188 cm³/mol. The monoisotopic (exact) mass is 685 g/mol. The highest BCUT2D eigenvalue weighted by atomic mass is 28.4. The van der Waals surface area contributed by atoms with Gasteiger partial charge < -0.3 is 33.2 Å². The third kappa shape index (κ3) is 5.09. The van der Waals surface area contributed by atoms with Gasteiger partial charge in [-0.2, -0.15) is 5.26 Å². The molecule has 0 aromatic heterocycles. The zero-order valence-electron chi connectivity index (χ0n) is 30.3. The molecule has 1 saturated carbocycles. The average molecular weight is 686 g/mol. The maximum absolute atomic E-state index is 12.0. The number of allylic oxidation sites excluding steroid dienone is 1. The minimum Gasteiger partial charge on any atom is -0.512 e. The maximum Gasteiger partial charge on any atom is 0.192 e. The van der Waals surface area contributed by atoms with Gasteiger partial charge in [-0.15, -0.1) is 0 Å². The molecule has 3 aliphatic carbocycles. The van der Waals surface area contributed by atoms with Crippen LogP contribution in [0.25, 0.3) is 0 Å². The molecule has 0 amide bonds. The van der Waals surface area contributed by atoms with Crippen LogP contribution in [0.15, 0.2) is 77.1 Å². The van der Waals surface area contributed by atoms with Crippen LogP contribution in [0, 0.1) is 22.2 Å². The summed E-state index contributed by atoms with van der Waals surface area (Å²) < 4.78 is 40.7. The van der Waals surface area contributed by atoms with Crippen molar-refractivity contribution in [1.82, 2.24) is 0 Å². The lowest BCUT2D eigenvalue weighted by Gasteiger charge is -2.60. The van der Waals surface area contributed by atoms with Gasteiger partial charge in [0.1, 0.15) is 22.9 Å². The Balaban J connectivity index is 1.44. The van der Waals surface area contributed by atoms with E-state index in [0.29, 0.717) is 31.3 Å². The molecule has 2 aromatic rings. The molecule has 49 heavy (non-hydrogen) atoms. The molecule has 1 spiro atoms. The molecule has 2 saturated heterocycles. The highest BCUT2D eigenvalue weighted by Crippen LogP contribution is 2.67. The Labute approximate surface area is 292 Å². The van der Waals surface area contributed by atoms with Crippen molar-refractivity contribution in [1.29, 1.82) is 5.26 Å². The molecule has 2 aliphatic heterocycles. The lowest BCUT2D eigenvalue weighted by molar-refractivity contribution is -0.293. The molecule has 5 aliphatic rings. The molecular formula is C40H51NO7Si. The Morgan fingerprint density at radius 1 is 0.939 bits per heavy atom. The van der Waals surface area contributed by atoms with Gasteiger partial charge in [0.25, 0.3) is 0 Å². The molecule has 8 nitrogen and oxygen atoms in total. The van der Waals surface area contributed by atoms with E-state index < -0.39 is 55.6 Å². The van der Waals surface area contributed by atoms with Gasteiger partial charge in [-0.05, 0) is 55.6 Å². The second-order valence-electron chi connectivity index (χ2n) is 16.6. The zero-order valence-corrected chi connectivity index (χ0v) is 31.3. The van der Waals surface area contributed by atoms with E-state index in [-0.39, 0.29) is 16.9 Å². The molecular weight excluding hydrogens is 635 g/mol. The Morgan fingerprint density at radius 2 is 1.59 bits per heavy atom. The van der Waals surface area contributed by atoms with E-state index in [4.69, 9.17) is 28.1 Å². The fourth-order valence-corrected chi connectivity index (χ4v) is 10.2. The van der Waals surface area contributed by atoms with Gasteiger partial charge in [0, 0.05) is 35.0 Å². The molecule has 0 radical (unpaired) electrons. The SMILES string of the molecule is COc1ccc([C@H]2O[C@H]3CCC(O)=C4[C@@H]5O[C@H](c6ccccc6)O[C@]56C[C@H](O[Si](C)(C)C(C)(C)C)C(C)=C(C[C@H](O2)[C@@]43C#N)C6(C)C)cc1. The fraction of sp³-hybridized carbons (Fsp3) is 0.575. The number of hydrogen-bond acceptors (Lipinski definition) is 8. The number of nitriles is 1. The molecule has 2 bridgehead atoms. The Morgan fingerprint density at radius 3 is 2.22 bits per heavy atom. The quantitative estimate of drug-likeness (QED) is 0.246. The number of ether oxygens (including phenoxy) is 5. The van der Waals surface area contributed by atoms with Gasteiger partial charge in [-0.1, -0.05) is 82.7 Å². The molecule has 3 fully saturated rings. The lowest BCUT2D eigenvalue weighted by atomic mass is 9.50. The van der Waals surface area contributed by atoms with Crippen LogP contribution in [0.5, 0.6) is 5.75 Å². The van der Waals surface area contributed by atoms with Crippen molar-refractivity contribution in [2.24, 2.45) is 10.8 Å². The summed E-state index contributed by atoms with van der Waals surface area (Å²) >= 11 is 0. The van der Waals surface area contributed by atoms with E-state index in [1.54, 1.807) is 7.11 Å². The zero-order chi connectivity index (χ0) is 35.1. The summed E-state index contributed by atoms with van der Waals surface area (Å²) in [6.45, 7) is 18.0. The van der Waals surface area contributed by atoms with Crippen molar-refractivity contribution in [2.75, 3.05) is 7.11 Å². The van der Waals surface area contributed by atoms with Crippen LogP contribution >= 0.6 is 0 Å². The van der Waals surface area contributed by atoms with Gasteiger partial charge in [0.05, 0.1) is 37.3 Å². The van der Waals surface area contributed by atoms with Crippen LogP contribution in [0.4, 0.5) is 0 Å². The van der Waals surface area contributed by atoms with Crippen molar-refractivity contribution in [3.63, 3.8) is 0 Å². The summed E-state index contributed by atoms with van der Waals surface area (Å²) in [7, 11) is -0.608. The van der Waals surface area contributed by atoms with Crippen molar-refractivity contribution in [2.45, 2.75) is 128 Å². The summed E-state index contributed by atoms with van der Waals surface area (Å²) in [6, 6.07) is 20.3. The van der Waals surface area contributed by atoms with Crippen LogP contribution in [0.3, 0.4) is 0 Å². The number of aliphatic hydroxyl groups is 1. The molecule has 7 rings (SSSR count). The van der Waals surface area contributed by atoms with Crippen LogP contribution < -0.4 is 4.74 Å². The molecule has 2 aromatic carbocycles.